The van der Waals surface area contributed by atoms with E-state index in [0.29, 0.717) is 0 Å². The van der Waals surface area contributed by atoms with Crippen LogP contribution >= 0.6 is 23.2 Å². The van der Waals surface area contributed by atoms with Gasteiger partial charge in [0.05, 0.1) is 0 Å². The van der Waals surface area contributed by atoms with Crippen LogP contribution in [-0.2, 0) is 0 Å². The Bertz CT molecular complexity index is 549. The summed E-state index contributed by atoms with van der Waals surface area (Å²) < 4.78 is 0. The molecule has 0 amide bonds. The summed E-state index contributed by atoms with van der Waals surface area (Å²) in [6.07, 6.45) is 0. The lowest BCUT2D eigenvalue weighted by atomic mass is 10.0. The molecule has 1 N–H and O–H groups in total. The molecule has 0 aliphatic heterocycles. The van der Waals surface area contributed by atoms with Crippen LogP contribution in [0.15, 0.2) is 42.5 Å². The third kappa shape index (κ3) is 3.50. The first kappa shape index (κ1) is 14.4. The molecule has 0 fully saturated rings. The van der Waals surface area contributed by atoms with Crippen LogP contribution in [-0.4, -0.2) is 6.54 Å². The lowest BCUT2D eigenvalue weighted by molar-refractivity contribution is 0.598. The molecule has 3 heteroatoms. The molecule has 0 bridgehead atoms. The van der Waals surface area contributed by atoms with Crippen LogP contribution in [0.5, 0.6) is 0 Å². The quantitative estimate of drug-likeness (QED) is 0.803. The van der Waals surface area contributed by atoms with Crippen molar-refractivity contribution in [2.24, 2.45) is 0 Å². The van der Waals surface area contributed by atoms with Crippen molar-refractivity contribution in [3.63, 3.8) is 0 Å². The van der Waals surface area contributed by atoms with E-state index in [0.717, 1.165) is 33.3 Å². The normalized spacial score (nSPS) is 12.4. The maximum atomic E-state index is 6.38. The average molecular weight is 294 g/mol. The van der Waals surface area contributed by atoms with E-state index in [-0.39, 0.29) is 6.04 Å². The summed E-state index contributed by atoms with van der Waals surface area (Å²) in [5, 5.41) is 4.90. The fourth-order valence-electron chi connectivity index (χ4n) is 2.12. The zero-order valence-electron chi connectivity index (χ0n) is 11.1. The summed E-state index contributed by atoms with van der Waals surface area (Å²) in [6, 6.07) is 14.2. The van der Waals surface area contributed by atoms with Gasteiger partial charge in [0, 0.05) is 16.1 Å². The maximum Gasteiger partial charge on any atom is 0.0459 e. The summed E-state index contributed by atoms with van der Waals surface area (Å²) in [5.41, 5.74) is 3.35. The van der Waals surface area contributed by atoms with E-state index in [4.69, 9.17) is 23.2 Å². The number of hydrogen-bond donors (Lipinski definition) is 1. The van der Waals surface area contributed by atoms with Gasteiger partial charge in [-0.2, -0.15) is 0 Å². The van der Waals surface area contributed by atoms with Gasteiger partial charge in [0.15, 0.2) is 0 Å². The molecule has 0 saturated heterocycles. The highest BCUT2D eigenvalue weighted by atomic mass is 35.5. The highest BCUT2D eigenvalue weighted by Gasteiger charge is 2.09. The molecule has 0 spiro atoms. The van der Waals surface area contributed by atoms with E-state index in [1.807, 2.05) is 30.3 Å². The largest absolute Gasteiger partial charge is 0.310 e. The Morgan fingerprint density at radius 3 is 2.21 bits per heavy atom. The van der Waals surface area contributed by atoms with Crippen molar-refractivity contribution in [1.82, 2.24) is 5.32 Å². The van der Waals surface area contributed by atoms with Gasteiger partial charge in [0.1, 0.15) is 0 Å². The number of benzene rings is 2. The van der Waals surface area contributed by atoms with Crippen LogP contribution in [0.25, 0.3) is 11.1 Å². The average Bonchev–Trinajstić information content (AvgIpc) is 2.39. The molecule has 100 valence electrons. The second-order valence-corrected chi connectivity index (χ2v) is 5.37. The summed E-state index contributed by atoms with van der Waals surface area (Å²) >= 11 is 12.3. The van der Waals surface area contributed by atoms with Crippen molar-refractivity contribution in [2.45, 2.75) is 19.9 Å². The van der Waals surface area contributed by atoms with E-state index in [1.54, 1.807) is 0 Å². The first-order chi connectivity index (χ1) is 9.11. The smallest absolute Gasteiger partial charge is 0.0459 e. The minimum atomic E-state index is 0.261. The molecule has 2 rings (SSSR count). The molecule has 19 heavy (non-hydrogen) atoms. The molecule has 0 radical (unpaired) electrons. The zero-order chi connectivity index (χ0) is 13.8. The van der Waals surface area contributed by atoms with Gasteiger partial charge in [0.25, 0.3) is 0 Å². The molecule has 1 atom stereocenters. The van der Waals surface area contributed by atoms with Crippen molar-refractivity contribution < 1.29 is 0 Å². The van der Waals surface area contributed by atoms with Gasteiger partial charge in [-0.3, -0.25) is 0 Å². The first-order valence-electron chi connectivity index (χ1n) is 6.40. The minimum absolute atomic E-state index is 0.261. The van der Waals surface area contributed by atoms with Crippen LogP contribution < -0.4 is 5.32 Å². The Morgan fingerprint density at radius 2 is 1.63 bits per heavy atom. The molecule has 0 aliphatic carbocycles. The Labute approximate surface area is 124 Å². The Morgan fingerprint density at radius 1 is 1.00 bits per heavy atom. The standard InChI is InChI=1S/C16H17Cl2N/c1-3-19-11(2)15-9-6-13(10-16(15)18)12-4-7-14(17)8-5-12/h4-11,19H,3H2,1-2H3. The molecule has 0 aliphatic rings. The second kappa shape index (κ2) is 6.42. The van der Waals surface area contributed by atoms with E-state index < -0.39 is 0 Å². The highest BCUT2D eigenvalue weighted by Crippen LogP contribution is 2.29. The van der Waals surface area contributed by atoms with Gasteiger partial charge in [-0.05, 0) is 48.4 Å². The van der Waals surface area contributed by atoms with E-state index in [2.05, 4.69) is 31.3 Å². The van der Waals surface area contributed by atoms with Gasteiger partial charge in [-0.15, -0.1) is 0 Å². The summed E-state index contributed by atoms with van der Waals surface area (Å²) in [6.45, 7) is 5.13. The Kier molecular flexibility index (Phi) is 4.87. The third-order valence-corrected chi connectivity index (χ3v) is 3.73. The molecule has 1 unspecified atom stereocenters. The van der Waals surface area contributed by atoms with E-state index in [9.17, 15) is 0 Å². The highest BCUT2D eigenvalue weighted by molar-refractivity contribution is 6.31. The lowest BCUT2D eigenvalue weighted by Gasteiger charge is -2.15. The first-order valence-corrected chi connectivity index (χ1v) is 7.16. The van der Waals surface area contributed by atoms with Crippen molar-refractivity contribution in [3.8, 4) is 11.1 Å². The SMILES string of the molecule is CCNC(C)c1ccc(-c2ccc(Cl)cc2)cc1Cl. The van der Waals surface area contributed by atoms with Crippen molar-refractivity contribution in [1.29, 1.82) is 0 Å². The van der Waals surface area contributed by atoms with Gasteiger partial charge in [-0.1, -0.05) is 54.4 Å². The van der Waals surface area contributed by atoms with Gasteiger partial charge < -0.3 is 5.32 Å². The van der Waals surface area contributed by atoms with Crippen LogP contribution in [0.4, 0.5) is 0 Å². The van der Waals surface area contributed by atoms with Crippen LogP contribution in [0.2, 0.25) is 10.0 Å². The molecule has 1 nitrogen and oxygen atoms in total. The number of nitrogens with one attached hydrogen (secondary N) is 1. The molecule has 2 aromatic rings. The molecule has 2 aromatic carbocycles. The van der Waals surface area contributed by atoms with Gasteiger partial charge in [-0.25, -0.2) is 0 Å². The predicted octanol–water partition coefficient (Wildman–Crippen LogP) is 5.33. The summed E-state index contributed by atoms with van der Waals surface area (Å²) in [5.74, 6) is 0. The monoisotopic (exact) mass is 293 g/mol. The summed E-state index contributed by atoms with van der Waals surface area (Å²) in [4.78, 5) is 0. The molecular weight excluding hydrogens is 277 g/mol. The minimum Gasteiger partial charge on any atom is -0.310 e. The number of halogens is 2. The Balaban J connectivity index is 2.30. The third-order valence-electron chi connectivity index (χ3n) is 3.15. The van der Waals surface area contributed by atoms with Crippen molar-refractivity contribution in [3.05, 3.63) is 58.1 Å². The van der Waals surface area contributed by atoms with Gasteiger partial charge in [0.2, 0.25) is 0 Å². The summed E-state index contributed by atoms with van der Waals surface area (Å²) in [7, 11) is 0. The lowest BCUT2D eigenvalue weighted by Crippen LogP contribution is -2.17. The van der Waals surface area contributed by atoms with E-state index >= 15 is 0 Å². The molecule has 0 heterocycles. The molecule has 0 aromatic heterocycles. The van der Waals surface area contributed by atoms with E-state index in [1.165, 1.54) is 0 Å². The van der Waals surface area contributed by atoms with Crippen LogP contribution in [0.1, 0.15) is 25.5 Å². The molecule has 0 saturated carbocycles. The van der Waals surface area contributed by atoms with Gasteiger partial charge >= 0.3 is 0 Å². The fourth-order valence-corrected chi connectivity index (χ4v) is 2.59. The number of rotatable bonds is 4. The second-order valence-electron chi connectivity index (χ2n) is 4.52. The predicted molar refractivity (Wildman–Crippen MR) is 84.0 cm³/mol. The van der Waals surface area contributed by atoms with Crippen LogP contribution in [0.3, 0.4) is 0 Å². The maximum absolute atomic E-state index is 6.38. The zero-order valence-corrected chi connectivity index (χ0v) is 12.6. The topological polar surface area (TPSA) is 12.0 Å². The van der Waals surface area contributed by atoms with Crippen molar-refractivity contribution in [2.75, 3.05) is 6.54 Å². The Hall–Kier alpha value is -1.02. The fraction of sp³-hybridized carbons (Fsp3) is 0.250. The van der Waals surface area contributed by atoms with Crippen LogP contribution in [0, 0.1) is 0 Å². The van der Waals surface area contributed by atoms with Crippen molar-refractivity contribution >= 4 is 23.2 Å². The molecular formula is C16H17Cl2N. The number of hydrogen-bond acceptors (Lipinski definition) is 1.